The number of aliphatic hydroxyl groups excluding tert-OH is 1. The predicted octanol–water partition coefficient (Wildman–Crippen LogP) is 1.26. The first-order valence-corrected chi connectivity index (χ1v) is 5.71. The highest BCUT2D eigenvalue weighted by Gasteiger charge is 2.17. The number of rotatable bonds is 7. The molecule has 1 atom stereocenters. The second-order valence-electron chi connectivity index (χ2n) is 4.07. The molecular formula is C11H15N3O5. The predicted molar refractivity (Wildman–Crippen MR) is 67.3 cm³/mol. The minimum atomic E-state index is -1.28. The fourth-order valence-electron chi connectivity index (χ4n) is 1.46. The van der Waals surface area contributed by atoms with Crippen LogP contribution in [0, 0.1) is 10.1 Å². The SMILES string of the molecule is CC(O)CCCNc1ncc([N+](=O)[O-])cc1C(=O)O. The van der Waals surface area contributed by atoms with E-state index >= 15 is 0 Å². The molecule has 0 aliphatic heterocycles. The highest BCUT2D eigenvalue weighted by Crippen LogP contribution is 2.19. The van der Waals surface area contributed by atoms with Crippen molar-refractivity contribution in [1.82, 2.24) is 4.98 Å². The second-order valence-corrected chi connectivity index (χ2v) is 4.07. The fourth-order valence-corrected chi connectivity index (χ4v) is 1.46. The highest BCUT2D eigenvalue weighted by atomic mass is 16.6. The van der Waals surface area contributed by atoms with Crippen molar-refractivity contribution in [2.45, 2.75) is 25.9 Å². The molecule has 1 unspecified atom stereocenters. The van der Waals surface area contributed by atoms with Crippen molar-refractivity contribution in [3.05, 3.63) is 27.9 Å². The van der Waals surface area contributed by atoms with E-state index in [2.05, 4.69) is 10.3 Å². The Hall–Kier alpha value is -2.22. The Bertz CT molecular complexity index is 475. The number of aromatic nitrogens is 1. The van der Waals surface area contributed by atoms with Crippen LogP contribution in [0.5, 0.6) is 0 Å². The molecule has 104 valence electrons. The molecule has 1 aromatic heterocycles. The summed E-state index contributed by atoms with van der Waals surface area (Å²) in [7, 11) is 0. The molecule has 19 heavy (non-hydrogen) atoms. The number of nitro groups is 1. The third kappa shape index (κ3) is 4.51. The van der Waals surface area contributed by atoms with Crippen LogP contribution in [0.2, 0.25) is 0 Å². The summed E-state index contributed by atoms with van der Waals surface area (Å²) >= 11 is 0. The molecule has 0 aliphatic carbocycles. The maximum Gasteiger partial charge on any atom is 0.339 e. The average Bonchev–Trinajstić information content (AvgIpc) is 2.34. The number of carboxylic acids is 1. The van der Waals surface area contributed by atoms with Gasteiger partial charge in [0.2, 0.25) is 0 Å². The van der Waals surface area contributed by atoms with Crippen molar-refractivity contribution in [2.24, 2.45) is 0 Å². The first kappa shape index (κ1) is 14.8. The molecule has 0 saturated carbocycles. The number of nitrogens with zero attached hydrogens (tertiary/aromatic N) is 2. The minimum Gasteiger partial charge on any atom is -0.478 e. The van der Waals surface area contributed by atoms with E-state index in [9.17, 15) is 14.9 Å². The number of carboxylic acid groups (broad SMARTS) is 1. The van der Waals surface area contributed by atoms with Crippen molar-refractivity contribution in [3.8, 4) is 0 Å². The number of carbonyl (C=O) groups is 1. The van der Waals surface area contributed by atoms with Crippen molar-refractivity contribution in [1.29, 1.82) is 0 Å². The lowest BCUT2D eigenvalue weighted by molar-refractivity contribution is -0.385. The molecule has 0 saturated heterocycles. The first-order chi connectivity index (χ1) is 8.91. The number of nitrogens with one attached hydrogen (secondary N) is 1. The molecule has 0 aliphatic rings. The van der Waals surface area contributed by atoms with Crippen LogP contribution in [-0.2, 0) is 0 Å². The van der Waals surface area contributed by atoms with Crippen LogP contribution in [0.25, 0.3) is 0 Å². The molecule has 8 nitrogen and oxygen atoms in total. The summed E-state index contributed by atoms with van der Waals surface area (Å²) in [5.74, 6) is -1.20. The van der Waals surface area contributed by atoms with Gasteiger partial charge in [-0.2, -0.15) is 0 Å². The van der Waals surface area contributed by atoms with E-state index in [0.717, 1.165) is 12.3 Å². The Labute approximate surface area is 109 Å². The molecule has 1 heterocycles. The Morgan fingerprint density at radius 2 is 2.32 bits per heavy atom. The van der Waals surface area contributed by atoms with Gasteiger partial charge in [-0.1, -0.05) is 0 Å². The number of hydrogen-bond donors (Lipinski definition) is 3. The van der Waals surface area contributed by atoms with Crippen molar-refractivity contribution >= 4 is 17.5 Å². The molecule has 0 fully saturated rings. The summed E-state index contributed by atoms with van der Waals surface area (Å²) in [6, 6.07) is 0.965. The van der Waals surface area contributed by atoms with Crippen LogP contribution in [-0.4, -0.2) is 38.7 Å². The van der Waals surface area contributed by atoms with E-state index in [1.165, 1.54) is 0 Å². The molecule has 1 rings (SSSR count). The van der Waals surface area contributed by atoms with Crippen LogP contribution >= 0.6 is 0 Å². The molecule has 0 bridgehead atoms. The van der Waals surface area contributed by atoms with Gasteiger partial charge >= 0.3 is 5.97 Å². The summed E-state index contributed by atoms with van der Waals surface area (Å²) in [6.45, 7) is 2.09. The van der Waals surface area contributed by atoms with Crippen molar-refractivity contribution in [3.63, 3.8) is 0 Å². The number of aliphatic hydroxyl groups is 1. The van der Waals surface area contributed by atoms with Gasteiger partial charge in [-0.25, -0.2) is 9.78 Å². The summed E-state index contributed by atoms with van der Waals surface area (Å²) in [6.07, 6.45) is 1.78. The third-order valence-electron chi connectivity index (χ3n) is 2.41. The number of anilines is 1. The quantitative estimate of drug-likeness (QED) is 0.386. The van der Waals surface area contributed by atoms with Gasteiger partial charge in [0.15, 0.2) is 0 Å². The molecule has 0 aromatic carbocycles. The topological polar surface area (TPSA) is 126 Å². The number of hydrogen-bond acceptors (Lipinski definition) is 6. The molecule has 0 radical (unpaired) electrons. The standard InChI is InChI=1S/C11H15N3O5/c1-7(15)3-2-4-12-10-9(11(16)17)5-8(6-13-10)14(18)19/h5-7,15H,2-4H2,1H3,(H,12,13)(H,16,17). The lowest BCUT2D eigenvalue weighted by Crippen LogP contribution is -2.11. The van der Waals surface area contributed by atoms with Gasteiger partial charge in [0.25, 0.3) is 5.69 Å². The third-order valence-corrected chi connectivity index (χ3v) is 2.41. The van der Waals surface area contributed by atoms with Crippen LogP contribution in [0.1, 0.15) is 30.1 Å². The van der Waals surface area contributed by atoms with Crippen LogP contribution < -0.4 is 5.32 Å². The normalized spacial score (nSPS) is 11.9. The fraction of sp³-hybridized carbons (Fsp3) is 0.455. The molecular weight excluding hydrogens is 254 g/mol. The van der Waals surface area contributed by atoms with E-state index in [1.54, 1.807) is 6.92 Å². The number of aromatic carboxylic acids is 1. The summed E-state index contributed by atoms with van der Waals surface area (Å²) < 4.78 is 0. The van der Waals surface area contributed by atoms with E-state index in [0.29, 0.717) is 19.4 Å². The maximum atomic E-state index is 11.0. The zero-order valence-electron chi connectivity index (χ0n) is 10.4. The lowest BCUT2D eigenvalue weighted by Gasteiger charge is -2.09. The Kier molecular flexibility index (Phi) is 5.19. The zero-order chi connectivity index (χ0) is 14.4. The maximum absolute atomic E-state index is 11.0. The van der Waals surface area contributed by atoms with E-state index < -0.39 is 17.0 Å². The average molecular weight is 269 g/mol. The summed E-state index contributed by atoms with van der Waals surface area (Å²) in [4.78, 5) is 24.6. The second kappa shape index (κ2) is 6.64. The van der Waals surface area contributed by atoms with E-state index in [1.807, 2.05) is 0 Å². The monoisotopic (exact) mass is 269 g/mol. The van der Waals surface area contributed by atoms with Crippen LogP contribution in [0.3, 0.4) is 0 Å². The van der Waals surface area contributed by atoms with Gasteiger partial charge in [0.05, 0.1) is 11.0 Å². The van der Waals surface area contributed by atoms with Crippen molar-refractivity contribution < 1.29 is 19.9 Å². The van der Waals surface area contributed by atoms with Gasteiger partial charge in [-0.3, -0.25) is 10.1 Å². The first-order valence-electron chi connectivity index (χ1n) is 5.71. The molecule has 0 spiro atoms. The van der Waals surface area contributed by atoms with Crippen molar-refractivity contribution in [2.75, 3.05) is 11.9 Å². The minimum absolute atomic E-state index is 0.0868. The van der Waals surface area contributed by atoms with Crippen LogP contribution in [0.4, 0.5) is 11.5 Å². The zero-order valence-corrected chi connectivity index (χ0v) is 10.4. The van der Waals surface area contributed by atoms with Gasteiger partial charge in [-0.05, 0) is 19.8 Å². The largest absolute Gasteiger partial charge is 0.478 e. The lowest BCUT2D eigenvalue weighted by atomic mass is 10.2. The summed E-state index contributed by atoms with van der Waals surface area (Å²) in [5, 5.41) is 31.4. The Morgan fingerprint density at radius 3 is 2.84 bits per heavy atom. The molecule has 1 aromatic rings. The molecule has 8 heteroatoms. The Morgan fingerprint density at radius 1 is 1.63 bits per heavy atom. The summed E-state index contributed by atoms with van der Waals surface area (Å²) in [5.41, 5.74) is -0.613. The van der Waals surface area contributed by atoms with Gasteiger partial charge < -0.3 is 15.5 Å². The van der Waals surface area contributed by atoms with Gasteiger partial charge in [0.1, 0.15) is 17.6 Å². The van der Waals surface area contributed by atoms with Crippen LogP contribution in [0.15, 0.2) is 12.3 Å². The van der Waals surface area contributed by atoms with Gasteiger partial charge in [0, 0.05) is 12.6 Å². The Balaban J connectivity index is 2.77. The highest BCUT2D eigenvalue weighted by molar-refractivity contribution is 5.93. The van der Waals surface area contributed by atoms with E-state index in [4.69, 9.17) is 10.2 Å². The number of pyridine rings is 1. The molecule has 0 amide bonds. The van der Waals surface area contributed by atoms with E-state index in [-0.39, 0.29) is 17.1 Å². The smallest absolute Gasteiger partial charge is 0.339 e. The molecule has 3 N–H and O–H groups in total. The van der Waals surface area contributed by atoms with Gasteiger partial charge in [-0.15, -0.1) is 0 Å².